The van der Waals surface area contributed by atoms with Crippen molar-refractivity contribution in [3.8, 4) is 0 Å². The molecular formula is C12H8Br2N2OS2. The Kier molecular flexibility index (Phi) is 4.72. The van der Waals surface area contributed by atoms with Crippen molar-refractivity contribution in [2.24, 2.45) is 5.73 Å². The molecule has 0 aliphatic carbocycles. The average molecular weight is 420 g/mol. The molecule has 98 valence electrons. The lowest BCUT2D eigenvalue weighted by molar-refractivity contribution is 0.103. The van der Waals surface area contributed by atoms with Crippen LogP contribution in [0.15, 0.2) is 38.6 Å². The Morgan fingerprint density at radius 2 is 2.05 bits per heavy atom. The Morgan fingerprint density at radius 1 is 1.32 bits per heavy atom. The van der Waals surface area contributed by atoms with Gasteiger partial charge in [0.1, 0.15) is 9.87 Å². The number of benzene rings is 1. The summed E-state index contributed by atoms with van der Waals surface area (Å²) in [5.74, 6) is -0.193. The smallest absolute Gasteiger partial charge is 0.266 e. The first-order valence-corrected chi connectivity index (χ1v) is 8.00. The third kappa shape index (κ3) is 3.42. The normalized spacial score (nSPS) is 10.2. The molecule has 19 heavy (non-hydrogen) atoms. The standard InChI is InChI=1S/C12H8Br2N2OS2/c13-6-1-2-9(7(5-6)11(15)18)16-12(17)10-8(14)3-4-19-10/h1-5H,(H2,15,18)(H,16,17). The van der Waals surface area contributed by atoms with Gasteiger partial charge in [0, 0.05) is 14.5 Å². The molecule has 1 heterocycles. The number of anilines is 1. The summed E-state index contributed by atoms with van der Waals surface area (Å²) < 4.78 is 1.62. The summed E-state index contributed by atoms with van der Waals surface area (Å²) in [5.41, 5.74) is 6.89. The lowest BCUT2D eigenvalue weighted by Crippen LogP contribution is -2.17. The van der Waals surface area contributed by atoms with E-state index in [2.05, 4.69) is 37.2 Å². The number of hydrogen-bond donors (Lipinski definition) is 2. The summed E-state index contributed by atoms with van der Waals surface area (Å²) in [5, 5.41) is 4.66. The van der Waals surface area contributed by atoms with Crippen molar-refractivity contribution < 1.29 is 4.79 Å². The number of hydrogen-bond acceptors (Lipinski definition) is 3. The largest absolute Gasteiger partial charge is 0.389 e. The molecule has 2 rings (SSSR count). The van der Waals surface area contributed by atoms with Crippen LogP contribution in [-0.4, -0.2) is 10.9 Å². The van der Waals surface area contributed by atoms with Gasteiger partial charge in [-0.05, 0) is 45.6 Å². The fourth-order valence-electron chi connectivity index (χ4n) is 1.46. The van der Waals surface area contributed by atoms with Gasteiger partial charge in [0.25, 0.3) is 5.91 Å². The number of nitrogens with two attached hydrogens (primary N) is 1. The van der Waals surface area contributed by atoms with E-state index in [0.717, 1.165) is 8.95 Å². The van der Waals surface area contributed by atoms with Crippen molar-refractivity contribution in [2.45, 2.75) is 0 Å². The van der Waals surface area contributed by atoms with Gasteiger partial charge < -0.3 is 11.1 Å². The van der Waals surface area contributed by atoms with Crippen LogP contribution in [-0.2, 0) is 0 Å². The van der Waals surface area contributed by atoms with E-state index in [9.17, 15) is 4.79 Å². The second-order valence-corrected chi connectivity index (χ2v) is 6.73. The van der Waals surface area contributed by atoms with Crippen molar-refractivity contribution in [3.05, 3.63) is 49.0 Å². The molecule has 0 bridgehead atoms. The van der Waals surface area contributed by atoms with Gasteiger partial charge in [0.15, 0.2) is 0 Å². The van der Waals surface area contributed by atoms with Gasteiger partial charge in [-0.15, -0.1) is 11.3 Å². The molecule has 7 heteroatoms. The quantitative estimate of drug-likeness (QED) is 0.734. The Morgan fingerprint density at radius 3 is 2.63 bits per heavy atom. The first-order chi connectivity index (χ1) is 8.99. The summed E-state index contributed by atoms with van der Waals surface area (Å²) in [6.45, 7) is 0. The predicted octanol–water partition coefficient (Wildman–Crippen LogP) is 4.16. The zero-order chi connectivity index (χ0) is 14.0. The molecule has 2 aromatic rings. The molecule has 0 saturated heterocycles. The summed E-state index contributed by atoms with van der Waals surface area (Å²) in [7, 11) is 0. The van der Waals surface area contributed by atoms with Crippen LogP contribution in [0.5, 0.6) is 0 Å². The van der Waals surface area contributed by atoms with Gasteiger partial charge >= 0.3 is 0 Å². The van der Waals surface area contributed by atoms with Crippen LogP contribution in [0.25, 0.3) is 0 Å². The van der Waals surface area contributed by atoms with Crippen LogP contribution in [0.1, 0.15) is 15.2 Å². The number of thiocarbonyl (C=S) groups is 1. The van der Waals surface area contributed by atoms with E-state index in [0.29, 0.717) is 16.1 Å². The third-order valence-corrected chi connectivity index (χ3v) is 4.87. The fraction of sp³-hybridized carbons (Fsp3) is 0. The SMILES string of the molecule is NC(=S)c1cc(Br)ccc1NC(=O)c1sccc1Br. The van der Waals surface area contributed by atoms with E-state index in [1.807, 2.05) is 17.5 Å². The van der Waals surface area contributed by atoms with Gasteiger partial charge in [-0.3, -0.25) is 4.79 Å². The molecular weight excluding hydrogens is 412 g/mol. The van der Waals surface area contributed by atoms with E-state index in [1.54, 1.807) is 12.1 Å². The molecule has 0 aliphatic rings. The van der Waals surface area contributed by atoms with Crippen LogP contribution in [0.3, 0.4) is 0 Å². The van der Waals surface area contributed by atoms with Crippen LogP contribution in [0.4, 0.5) is 5.69 Å². The molecule has 0 saturated carbocycles. The molecule has 0 aliphatic heterocycles. The lowest BCUT2D eigenvalue weighted by atomic mass is 10.1. The minimum Gasteiger partial charge on any atom is -0.389 e. The summed E-state index contributed by atoms with van der Waals surface area (Å²) in [6, 6.07) is 7.19. The van der Waals surface area contributed by atoms with Gasteiger partial charge in [0.2, 0.25) is 0 Å². The van der Waals surface area contributed by atoms with Crippen LogP contribution in [0.2, 0.25) is 0 Å². The molecule has 3 N–H and O–H groups in total. The van der Waals surface area contributed by atoms with Gasteiger partial charge in [-0.1, -0.05) is 28.1 Å². The zero-order valence-corrected chi connectivity index (χ0v) is 14.2. The van der Waals surface area contributed by atoms with E-state index < -0.39 is 0 Å². The monoisotopic (exact) mass is 418 g/mol. The zero-order valence-electron chi connectivity index (χ0n) is 9.44. The van der Waals surface area contributed by atoms with Gasteiger partial charge in [-0.2, -0.15) is 0 Å². The first-order valence-electron chi connectivity index (χ1n) is 5.12. The second-order valence-electron chi connectivity index (χ2n) is 3.61. The topological polar surface area (TPSA) is 55.1 Å². The highest BCUT2D eigenvalue weighted by Gasteiger charge is 2.14. The highest BCUT2D eigenvalue weighted by molar-refractivity contribution is 9.10. The Balaban J connectivity index is 2.32. The number of nitrogens with one attached hydrogen (secondary N) is 1. The Hall–Kier alpha value is -0.760. The lowest BCUT2D eigenvalue weighted by Gasteiger charge is -2.10. The summed E-state index contributed by atoms with van der Waals surface area (Å²) in [4.78, 5) is 13.0. The van der Waals surface area contributed by atoms with Crippen molar-refractivity contribution in [3.63, 3.8) is 0 Å². The number of rotatable bonds is 3. The average Bonchev–Trinajstić information content (AvgIpc) is 2.77. The highest BCUT2D eigenvalue weighted by Crippen LogP contribution is 2.26. The minimum atomic E-state index is -0.193. The molecule has 0 spiro atoms. The summed E-state index contributed by atoms with van der Waals surface area (Å²) in [6.07, 6.45) is 0. The van der Waals surface area contributed by atoms with E-state index in [4.69, 9.17) is 18.0 Å². The molecule has 0 radical (unpaired) electrons. The van der Waals surface area contributed by atoms with Gasteiger partial charge in [-0.25, -0.2) is 0 Å². The predicted molar refractivity (Wildman–Crippen MR) is 90.0 cm³/mol. The molecule has 1 aromatic carbocycles. The number of halogens is 2. The maximum absolute atomic E-state index is 12.1. The van der Waals surface area contributed by atoms with Crippen molar-refractivity contribution in [1.82, 2.24) is 0 Å². The maximum atomic E-state index is 12.1. The second kappa shape index (κ2) is 6.13. The van der Waals surface area contributed by atoms with E-state index in [-0.39, 0.29) is 10.9 Å². The highest BCUT2D eigenvalue weighted by atomic mass is 79.9. The van der Waals surface area contributed by atoms with Gasteiger partial charge in [0.05, 0.1) is 5.69 Å². The molecule has 3 nitrogen and oxygen atoms in total. The number of carbonyl (C=O) groups excluding carboxylic acids is 1. The number of amides is 1. The van der Waals surface area contributed by atoms with Crippen molar-refractivity contribution >= 4 is 72.0 Å². The van der Waals surface area contributed by atoms with E-state index in [1.165, 1.54) is 11.3 Å². The fourth-order valence-corrected chi connectivity index (χ4v) is 3.44. The van der Waals surface area contributed by atoms with Crippen molar-refractivity contribution in [2.75, 3.05) is 5.32 Å². The van der Waals surface area contributed by atoms with Crippen LogP contribution in [0, 0.1) is 0 Å². The minimum absolute atomic E-state index is 0.193. The molecule has 0 fully saturated rings. The number of carbonyl (C=O) groups is 1. The van der Waals surface area contributed by atoms with Crippen molar-refractivity contribution in [1.29, 1.82) is 0 Å². The third-order valence-electron chi connectivity index (χ3n) is 2.32. The summed E-state index contributed by atoms with van der Waals surface area (Å²) >= 11 is 13.0. The Bertz CT molecular complexity index is 655. The van der Waals surface area contributed by atoms with E-state index >= 15 is 0 Å². The maximum Gasteiger partial charge on any atom is 0.266 e. The van der Waals surface area contributed by atoms with Crippen LogP contribution >= 0.6 is 55.4 Å². The first kappa shape index (κ1) is 14.6. The molecule has 0 atom stereocenters. The molecule has 0 unspecified atom stereocenters. The molecule has 1 aromatic heterocycles. The number of thiophene rings is 1. The van der Waals surface area contributed by atoms with Crippen LogP contribution < -0.4 is 11.1 Å². The Labute approximate surface area is 136 Å². The molecule has 1 amide bonds.